The van der Waals surface area contributed by atoms with Crippen molar-refractivity contribution in [3.05, 3.63) is 24.3 Å². The Morgan fingerprint density at radius 1 is 0.484 bits per heavy atom. The molecule has 7 heteroatoms. The largest absolute Gasteiger partial charge is 0.466 e. The molecule has 2 N–H and O–H groups in total. The fourth-order valence-electron chi connectivity index (χ4n) is 8.26. The first-order valence-corrected chi connectivity index (χ1v) is 27.2. The van der Waals surface area contributed by atoms with E-state index in [1.807, 2.05) is 0 Å². The van der Waals surface area contributed by atoms with Gasteiger partial charge in [-0.05, 0) is 141 Å². The minimum atomic E-state index is -0.363. The zero-order chi connectivity index (χ0) is 45.2. The van der Waals surface area contributed by atoms with Gasteiger partial charge in [-0.15, -0.1) is 0 Å². The van der Waals surface area contributed by atoms with Crippen LogP contribution >= 0.6 is 0 Å². The summed E-state index contributed by atoms with van der Waals surface area (Å²) in [6.45, 7) is 14.9. The first-order valence-electron chi connectivity index (χ1n) is 27.2. The average Bonchev–Trinajstić information content (AvgIpc) is 3.27. The molecule has 0 saturated carbocycles. The summed E-state index contributed by atoms with van der Waals surface area (Å²) in [7, 11) is 0. The summed E-state index contributed by atoms with van der Waals surface area (Å²) in [6, 6.07) is 0. The Balaban J connectivity index is 4.10. The quantitative estimate of drug-likeness (QED) is 0.0357. The molecule has 0 bridgehead atoms. The third-order valence-corrected chi connectivity index (χ3v) is 12.6. The highest BCUT2D eigenvalue weighted by Crippen LogP contribution is 2.19. The number of hydrogen-bond donors (Lipinski definition) is 2. The number of ether oxygens (including phenoxy) is 2. The van der Waals surface area contributed by atoms with Crippen molar-refractivity contribution in [2.45, 2.75) is 265 Å². The Hall–Kier alpha value is -1.70. The molecule has 0 radical (unpaired) electrons. The second-order valence-corrected chi connectivity index (χ2v) is 18.4. The van der Waals surface area contributed by atoms with E-state index in [2.05, 4.69) is 62.2 Å². The molecular formula is C55H106N2O5. The normalized spacial score (nSPS) is 12.9. The summed E-state index contributed by atoms with van der Waals surface area (Å²) in [6.07, 6.45) is 50.0. The second kappa shape index (κ2) is 50.3. The molecule has 0 amide bonds. The van der Waals surface area contributed by atoms with Crippen LogP contribution in [0.1, 0.15) is 259 Å². The van der Waals surface area contributed by atoms with E-state index < -0.39 is 0 Å². The van der Waals surface area contributed by atoms with Gasteiger partial charge in [-0.3, -0.25) is 9.59 Å². The monoisotopic (exact) mass is 875 g/mol. The first-order chi connectivity index (χ1) is 30.5. The van der Waals surface area contributed by atoms with Gasteiger partial charge in [0.1, 0.15) is 0 Å². The Bertz CT molecular complexity index is 983. The number of unbranched alkanes of at least 4 members (excludes halogenated alkanes) is 25. The van der Waals surface area contributed by atoms with Crippen LogP contribution in [0.2, 0.25) is 0 Å². The van der Waals surface area contributed by atoms with E-state index in [1.165, 1.54) is 141 Å². The van der Waals surface area contributed by atoms with Crippen LogP contribution in [0.5, 0.6) is 0 Å². The maximum atomic E-state index is 12.3. The summed E-state index contributed by atoms with van der Waals surface area (Å²) in [5.41, 5.74) is 0. The van der Waals surface area contributed by atoms with E-state index in [9.17, 15) is 14.7 Å². The molecule has 0 saturated heterocycles. The van der Waals surface area contributed by atoms with Crippen LogP contribution in [0.3, 0.4) is 0 Å². The van der Waals surface area contributed by atoms with Crippen LogP contribution in [0, 0.1) is 5.92 Å². The van der Waals surface area contributed by atoms with Gasteiger partial charge in [-0.1, -0.05) is 161 Å². The summed E-state index contributed by atoms with van der Waals surface area (Å²) in [5, 5.41) is 14.8. The zero-order valence-electron chi connectivity index (χ0n) is 41.9. The van der Waals surface area contributed by atoms with Crippen molar-refractivity contribution in [1.82, 2.24) is 10.2 Å². The lowest BCUT2D eigenvalue weighted by molar-refractivity contribution is -0.144. The number of allylic oxidation sites excluding steroid dienone is 4. The maximum Gasteiger partial charge on any atom is 0.305 e. The second-order valence-electron chi connectivity index (χ2n) is 18.4. The minimum Gasteiger partial charge on any atom is -0.466 e. The summed E-state index contributed by atoms with van der Waals surface area (Å²) < 4.78 is 11.1. The SMILES string of the molecule is CCCCCCCC/C=C\CCCCCCCC(=O)OCCCCCC(O)C(CCCCOC(=O)CCCCCCC/C=C\CCCCCCCC)CNCCCN(CC)CC. The highest BCUT2D eigenvalue weighted by atomic mass is 16.5. The third kappa shape index (κ3) is 44.9. The molecule has 0 heterocycles. The number of aliphatic hydroxyl groups is 1. The maximum absolute atomic E-state index is 12.3. The number of rotatable bonds is 50. The molecule has 0 fully saturated rings. The van der Waals surface area contributed by atoms with Gasteiger partial charge < -0.3 is 24.8 Å². The van der Waals surface area contributed by atoms with E-state index in [4.69, 9.17) is 9.47 Å². The summed E-state index contributed by atoms with van der Waals surface area (Å²) in [5.74, 6) is 0.0468. The molecule has 0 aliphatic rings. The topological polar surface area (TPSA) is 88.1 Å². The molecule has 0 spiro atoms. The van der Waals surface area contributed by atoms with Crippen LogP contribution in [-0.2, 0) is 19.1 Å². The molecule has 2 unspecified atom stereocenters. The van der Waals surface area contributed by atoms with E-state index in [0.717, 1.165) is 110 Å². The van der Waals surface area contributed by atoms with Gasteiger partial charge in [0.2, 0.25) is 0 Å². The molecular weight excluding hydrogens is 769 g/mol. The number of aliphatic hydroxyl groups excluding tert-OH is 1. The number of nitrogens with zero attached hydrogens (tertiary/aromatic N) is 1. The average molecular weight is 875 g/mol. The van der Waals surface area contributed by atoms with E-state index in [0.29, 0.717) is 26.1 Å². The lowest BCUT2D eigenvalue weighted by Gasteiger charge is -2.24. The van der Waals surface area contributed by atoms with Crippen molar-refractivity contribution in [2.75, 3.05) is 45.9 Å². The molecule has 0 aliphatic heterocycles. The van der Waals surface area contributed by atoms with Crippen molar-refractivity contribution in [2.24, 2.45) is 5.92 Å². The van der Waals surface area contributed by atoms with Crippen molar-refractivity contribution < 1.29 is 24.2 Å². The fraction of sp³-hybridized carbons (Fsp3) is 0.891. The van der Waals surface area contributed by atoms with Gasteiger partial charge in [0.25, 0.3) is 0 Å². The molecule has 7 nitrogen and oxygen atoms in total. The third-order valence-electron chi connectivity index (χ3n) is 12.6. The van der Waals surface area contributed by atoms with Crippen LogP contribution in [0.4, 0.5) is 0 Å². The van der Waals surface area contributed by atoms with E-state index >= 15 is 0 Å². The van der Waals surface area contributed by atoms with Gasteiger partial charge in [-0.25, -0.2) is 0 Å². The number of carbonyl (C=O) groups is 2. The zero-order valence-corrected chi connectivity index (χ0v) is 41.9. The molecule has 0 aliphatic carbocycles. The van der Waals surface area contributed by atoms with Gasteiger partial charge in [0, 0.05) is 19.4 Å². The smallest absolute Gasteiger partial charge is 0.305 e. The number of hydrogen-bond acceptors (Lipinski definition) is 7. The highest BCUT2D eigenvalue weighted by Gasteiger charge is 2.19. The lowest BCUT2D eigenvalue weighted by atomic mass is 9.92. The van der Waals surface area contributed by atoms with Gasteiger partial charge in [-0.2, -0.15) is 0 Å². The number of esters is 2. The lowest BCUT2D eigenvalue weighted by Crippen LogP contribution is -2.33. The Morgan fingerprint density at radius 3 is 1.32 bits per heavy atom. The molecule has 2 atom stereocenters. The standard InChI is InChI=1S/C55H106N2O5/c1-5-9-11-13-15-17-19-21-23-25-27-29-31-33-37-45-54(59)61-49-40-35-36-44-53(58)52(51-56-47-42-48-57(7-3)8-4)43-39-41-50-62-55(60)46-38-34-32-30-28-26-24-22-20-18-16-14-12-10-6-2/h21-24,52-53,56,58H,5-20,25-51H2,1-4H3/b23-21-,24-22-. The summed E-state index contributed by atoms with van der Waals surface area (Å²) >= 11 is 0. The van der Waals surface area contributed by atoms with Crippen molar-refractivity contribution >= 4 is 11.9 Å². The number of nitrogens with one attached hydrogen (secondary N) is 1. The first kappa shape index (κ1) is 60.3. The predicted molar refractivity (Wildman–Crippen MR) is 268 cm³/mol. The fourth-order valence-corrected chi connectivity index (χ4v) is 8.26. The van der Waals surface area contributed by atoms with Crippen LogP contribution < -0.4 is 5.32 Å². The molecule has 62 heavy (non-hydrogen) atoms. The Kier molecular flexibility index (Phi) is 48.9. The Labute approximate surface area is 386 Å². The highest BCUT2D eigenvalue weighted by molar-refractivity contribution is 5.69. The van der Waals surface area contributed by atoms with Gasteiger partial charge >= 0.3 is 11.9 Å². The molecule has 366 valence electrons. The van der Waals surface area contributed by atoms with Crippen LogP contribution in [-0.4, -0.2) is 74.0 Å². The van der Waals surface area contributed by atoms with Gasteiger partial charge in [0.15, 0.2) is 0 Å². The van der Waals surface area contributed by atoms with Crippen molar-refractivity contribution in [3.63, 3.8) is 0 Å². The van der Waals surface area contributed by atoms with E-state index in [1.54, 1.807) is 0 Å². The minimum absolute atomic E-state index is 0.0662. The Morgan fingerprint density at radius 2 is 0.871 bits per heavy atom. The molecule has 0 aromatic rings. The molecule has 0 rings (SSSR count). The number of carbonyl (C=O) groups excluding carboxylic acids is 2. The van der Waals surface area contributed by atoms with Crippen LogP contribution in [0.25, 0.3) is 0 Å². The van der Waals surface area contributed by atoms with Crippen molar-refractivity contribution in [3.8, 4) is 0 Å². The van der Waals surface area contributed by atoms with Gasteiger partial charge in [0.05, 0.1) is 19.3 Å². The van der Waals surface area contributed by atoms with Crippen molar-refractivity contribution in [1.29, 1.82) is 0 Å². The summed E-state index contributed by atoms with van der Waals surface area (Å²) in [4.78, 5) is 27.0. The predicted octanol–water partition coefficient (Wildman–Crippen LogP) is 15.2. The van der Waals surface area contributed by atoms with Crippen LogP contribution in [0.15, 0.2) is 24.3 Å². The molecule has 0 aromatic carbocycles. The van der Waals surface area contributed by atoms with E-state index in [-0.39, 0.29) is 24.0 Å². The molecule has 0 aromatic heterocycles.